The van der Waals surface area contributed by atoms with Crippen molar-refractivity contribution < 1.29 is 9.76 Å². The summed E-state index contributed by atoms with van der Waals surface area (Å²) in [6.45, 7) is 3.47. The number of nitrogens with one attached hydrogen (secondary N) is 2. The molecule has 2 heterocycles. The van der Waals surface area contributed by atoms with Gasteiger partial charge in [-0.2, -0.15) is 0 Å². The summed E-state index contributed by atoms with van der Waals surface area (Å²) < 4.78 is 0. The van der Waals surface area contributed by atoms with Gasteiger partial charge < -0.3 is 10.2 Å². The summed E-state index contributed by atoms with van der Waals surface area (Å²) in [7, 11) is 0. The lowest BCUT2D eigenvalue weighted by Gasteiger charge is -2.27. The topological polar surface area (TPSA) is 79.7 Å². The van der Waals surface area contributed by atoms with Gasteiger partial charge in [-0.15, -0.1) is 5.06 Å². The zero-order chi connectivity index (χ0) is 13.0. The summed E-state index contributed by atoms with van der Waals surface area (Å²) in [4.78, 5) is 15.9. The molecule has 2 rings (SSSR count). The largest absolute Gasteiger partial charge is 0.413 e. The molecule has 2 aliphatic rings. The molecule has 3 atom stereocenters. The Balaban J connectivity index is 1.81. The van der Waals surface area contributed by atoms with Crippen LogP contribution in [0.5, 0.6) is 0 Å². The van der Waals surface area contributed by atoms with Crippen molar-refractivity contribution in [3.8, 4) is 0 Å². The molecule has 0 amide bonds. The smallest absolute Gasteiger partial charge is 0.265 e. The number of nitro groups is 1. The van der Waals surface area contributed by atoms with Crippen molar-refractivity contribution in [1.29, 1.82) is 0 Å². The molecule has 100 valence electrons. The van der Waals surface area contributed by atoms with Crippen molar-refractivity contribution in [3.05, 3.63) is 34.7 Å². The van der Waals surface area contributed by atoms with Crippen molar-refractivity contribution >= 4 is 0 Å². The fraction of sp³-hybridized carbons (Fsp3) is 0.636. The van der Waals surface area contributed by atoms with E-state index in [2.05, 4.69) is 17.6 Å². The van der Waals surface area contributed by atoms with Gasteiger partial charge in [-0.05, 0) is 12.5 Å². The predicted molar refractivity (Wildman–Crippen MR) is 65.9 cm³/mol. The van der Waals surface area contributed by atoms with Gasteiger partial charge in [0.15, 0.2) is 6.17 Å². The van der Waals surface area contributed by atoms with Crippen LogP contribution in [-0.4, -0.2) is 41.3 Å². The second-order valence-electron chi connectivity index (χ2n) is 4.33. The van der Waals surface area contributed by atoms with E-state index in [1.165, 1.54) is 0 Å². The maximum atomic E-state index is 10.8. The summed E-state index contributed by atoms with van der Waals surface area (Å²) in [5.41, 5.74) is 0. The average molecular weight is 254 g/mol. The zero-order valence-electron chi connectivity index (χ0n) is 10.3. The predicted octanol–water partition coefficient (Wildman–Crippen LogP) is 0.204. The Morgan fingerprint density at radius 2 is 2.56 bits per heavy atom. The second-order valence-corrected chi connectivity index (χ2v) is 4.33. The summed E-state index contributed by atoms with van der Waals surface area (Å²) in [6, 6.07) is -0.505. The van der Waals surface area contributed by atoms with Crippen molar-refractivity contribution in [2.45, 2.75) is 31.6 Å². The van der Waals surface area contributed by atoms with Crippen LogP contribution in [0, 0.1) is 10.1 Å². The van der Waals surface area contributed by atoms with E-state index in [1.54, 1.807) is 18.5 Å². The highest BCUT2D eigenvalue weighted by atomic mass is 16.7. The van der Waals surface area contributed by atoms with Gasteiger partial charge in [0.1, 0.15) is 6.26 Å². The average Bonchev–Trinajstić information content (AvgIpc) is 2.99. The Morgan fingerprint density at radius 1 is 1.72 bits per heavy atom. The highest BCUT2D eigenvalue weighted by Crippen LogP contribution is 2.11. The molecular formula is C11H18N4O3. The Kier molecular flexibility index (Phi) is 4.16. The fourth-order valence-electron chi connectivity index (χ4n) is 2.10. The van der Waals surface area contributed by atoms with Gasteiger partial charge in [-0.25, -0.2) is 0 Å². The zero-order valence-corrected chi connectivity index (χ0v) is 10.3. The number of hydrogen-bond acceptors (Lipinski definition) is 6. The molecule has 0 aromatic carbocycles. The molecule has 0 saturated heterocycles. The third kappa shape index (κ3) is 2.80. The number of hydrogen-bond donors (Lipinski definition) is 2. The van der Waals surface area contributed by atoms with Gasteiger partial charge >= 0.3 is 0 Å². The van der Waals surface area contributed by atoms with E-state index in [-0.39, 0.29) is 17.1 Å². The van der Waals surface area contributed by atoms with Gasteiger partial charge in [0.05, 0.1) is 12.6 Å². The molecule has 0 aromatic rings. The number of hydroxylamine groups is 2. The molecule has 0 aromatic heterocycles. The molecule has 2 aliphatic heterocycles. The van der Waals surface area contributed by atoms with Gasteiger partial charge in [0.25, 0.3) is 6.04 Å². The van der Waals surface area contributed by atoms with Crippen LogP contribution >= 0.6 is 0 Å². The first-order chi connectivity index (χ1) is 8.72. The molecule has 7 nitrogen and oxygen atoms in total. The highest BCUT2D eigenvalue weighted by molar-refractivity contribution is 5.02. The Labute approximate surface area is 106 Å². The van der Waals surface area contributed by atoms with Crippen LogP contribution in [0.25, 0.3) is 0 Å². The minimum absolute atomic E-state index is 0.204. The van der Waals surface area contributed by atoms with Gasteiger partial charge in [-0.3, -0.25) is 15.4 Å². The van der Waals surface area contributed by atoms with Crippen LogP contribution in [0.4, 0.5) is 0 Å². The maximum Gasteiger partial charge on any atom is 0.265 e. The van der Waals surface area contributed by atoms with Crippen molar-refractivity contribution in [3.63, 3.8) is 0 Å². The maximum absolute atomic E-state index is 10.8. The third-order valence-electron chi connectivity index (χ3n) is 3.18. The molecule has 3 unspecified atom stereocenters. The van der Waals surface area contributed by atoms with Crippen molar-refractivity contribution in [2.24, 2.45) is 0 Å². The molecule has 0 saturated carbocycles. The summed E-state index contributed by atoms with van der Waals surface area (Å²) >= 11 is 0. The molecule has 2 N–H and O–H groups in total. The fourth-order valence-corrected chi connectivity index (χ4v) is 2.10. The minimum atomic E-state index is -0.708. The van der Waals surface area contributed by atoms with Crippen LogP contribution in [-0.2, 0) is 4.84 Å². The lowest BCUT2D eigenvalue weighted by Crippen LogP contribution is -2.52. The van der Waals surface area contributed by atoms with Gasteiger partial charge in [0, 0.05) is 23.7 Å². The van der Waals surface area contributed by atoms with Crippen LogP contribution in [0.1, 0.15) is 13.3 Å². The summed E-state index contributed by atoms with van der Waals surface area (Å²) in [6.07, 6.45) is 7.37. The van der Waals surface area contributed by atoms with E-state index in [1.807, 2.05) is 11.1 Å². The Morgan fingerprint density at radius 3 is 3.17 bits per heavy atom. The normalized spacial score (nSPS) is 28.1. The third-order valence-corrected chi connectivity index (χ3v) is 3.18. The van der Waals surface area contributed by atoms with Crippen LogP contribution < -0.4 is 10.6 Å². The molecule has 18 heavy (non-hydrogen) atoms. The standard InChI is InChI=1S/C11H18N4O3/c1-2-9(14-6-3-7-18-14)8-13-11-10(15(16)17)4-5-12-11/h3-5,7,9-13H,2,6,8H2,1H3. The Bertz CT molecular complexity index is 350. The Hall–Kier alpha value is -1.60. The first-order valence-corrected chi connectivity index (χ1v) is 6.10. The molecule has 7 heteroatoms. The number of nitrogens with zero attached hydrogens (tertiary/aromatic N) is 2. The van der Waals surface area contributed by atoms with E-state index in [0.717, 1.165) is 13.0 Å². The molecule has 0 radical (unpaired) electrons. The van der Waals surface area contributed by atoms with Crippen LogP contribution in [0.15, 0.2) is 24.6 Å². The van der Waals surface area contributed by atoms with Crippen LogP contribution in [0.2, 0.25) is 0 Å². The van der Waals surface area contributed by atoms with E-state index in [0.29, 0.717) is 6.54 Å². The first-order valence-electron chi connectivity index (χ1n) is 6.10. The van der Waals surface area contributed by atoms with E-state index in [9.17, 15) is 10.1 Å². The van der Waals surface area contributed by atoms with Crippen LogP contribution in [0.3, 0.4) is 0 Å². The first kappa shape index (κ1) is 12.8. The molecule has 0 bridgehead atoms. The molecule has 0 fully saturated rings. The van der Waals surface area contributed by atoms with E-state index in [4.69, 9.17) is 4.84 Å². The van der Waals surface area contributed by atoms with Crippen molar-refractivity contribution in [1.82, 2.24) is 15.7 Å². The SMILES string of the molecule is CCC(CNC1NC=CC1[N+](=O)[O-])N1CC=CO1. The second kappa shape index (κ2) is 5.83. The minimum Gasteiger partial charge on any atom is -0.413 e. The quantitative estimate of drug-likeness (QED) is 0.521. The van der Waals surface area contributed by atoms with Crippen molar-refractivity contribution in [2.75, 3.05) is 13.1 Å². The molecule has 0 spiro atoms. The summed E-state index contributed by atoms with van der Waals surface area (Å²) in [5, 5.41) is 18.8. The lowest BCUT2D eigenvalue weighted by molar-refractivity contribution is -0.512. The lowest BCUT2D eigenvalue weighted by atomic mass is 10.2. The van der Waals surface area contributed by atoms with Gasteiger partial charge in [0.2, 0.25) is 0 Å². The van der Waals surface area contributed by atoms with E-state index < -0.39 is 6.04 Å². The highest BCUT2D eigenvalue weighted by Gasteiger charge is 2.32. The molecular weight excluding hydrogens is 236 g/mol. The summed E-state index contributed by atoms with van der Waals surface area (Å²) in [5.74, 6) is 0. The van der Waals surface area contributed by atoms with Gasteiger partial charge in [-0.1, -0.05) is 6.92 Å². The number of rotatable bonds is 6. The molecule has 0 aliphatic carbocycles. The van der Waals surface area contributed by atoms with E-state index >= 15 is 0 Å². The monoisotopic (exact) mass is 254 g/mol.